The third-order valence-electron chi connectivity index (χ3n) is 4.88. The highest BCUT2D eigenvalue weighted by Gasteiger charge is 2.11. The van der Waals surface area contributed by atoms with Crippen LogP contribution in [-0.2, 0) is 11.2 Å². The van der Waals surface area contributed by atoms with Crippen molar-refractivity contribution in [2.45, 2.75) is 38.1 Å². The highest BCUT2D eigenvalue weighted by molar-refractivity contribution is 7.80. The summed E-state index contributed by atoms with van der Waals surface area (Å²) in [5, 5.41) is 4.13. The van der Waals surface area contributed by atoms with Crippen molar-refractivity contribution in [3.63, 3.8) is 0 Å². The molecule has 3 aromatic rings. The average Bonchev–Trinajstić information content (AvgIpc) is 3.25. The Bertz CT molecular complexity index is 1080. The molecule has 0 radical (unpaired) electrons. The Balaban J connectivity index is 1.48. The van der Waals surface area contributed by atoms with Crippen LogP contribution in [-0.4, -0.2) is 26.8 Å². The molecule has 0 aliphatic rings. The number of aromatic amines is 1. The number of carbonyl (C=O) groups excluding carboxylic acids is 1. The van der Waals surface area contributed by atoms with Gasteiger partial charge in [0.2, 0.25) is 0 Å². The molecule has 0 saturated carbocycles. The number of amides is 1. The van der Waals surface area contributed by atoms with E-state index in [1.54, 1.807) is 0 Å². The van der Waals surface area contributed by atoms with Crippen LogP contribution < -0.4 is 5.32 Å². The van der Waals surface area contributed by atoms with Crippen LogP contribution >= 0.6 is 12.2 Å². The number of nitrogens with zero attached hydrogens (tertiary/aromatic N) is 1. The van der Waals surface area contributed by atoms with E-state index in [1.165, 1.54) is 5.56 Å². The second-order valence-corrected chi connectivity index (χ2v) is 7.68. The summed E-state index contributed by atoms with van der Waals surface area (Å²) in [7, 11) is 0. The number of benzene rings is 1. The lowest BCUT2D eigenvalue weighted by molar-refractivity contribution is -0.116. The smallest absolute Gasteiger partial charge is 0.296 e. The molecule has 5 heteroatoms. The maximum absolute atomic E-state index is 12.2. The highest BCUT2D eigenvalue weighted by atomic mass is 32.1. The quantitative estimate of drug-likeness (QED) is 0.301. The number of H-pyrrole nitrogens is 1. The summed E-state index contributed by atoms with van der Waals surface area (Å²) in [5.74, 6) is 5.27. The van der Waals surface area contributed by atoms with Crippen molar-refractivity contribution < 1.29 is 4.79 Å². The Morgan fingerprint density at radius 3 is 2.87 bits per heavy atom. The summed E-state index contributed by atoms with van der Waals surface area (Å²) in [6.45, 7) is 3.80. The number of pyridine rings is 1. The fraction of sp³-hybridized carbons (Fsp3) is 0.240. The molecule has 2 heterocycles. The van der Waals surface area contributed by atoms with E-state index in [2.05, 4.69) is 33.7 Å². The van der Waals surface area contributed by atoms with Crippen LogP contribution in [0.4, 0.5) is 0 Å². The zero-order chi connectivity index (χ0) is 21.2. The standard InChI is InChI=1S/C25H25N3OS/c1-2-6-21(28-24(29)14-9-19-7-4-3-5-8-19)11-13-22(30)12-10-20-15-17-26-25-23(20)16-18-27-25/h2-5,7-8,15-18,21H,1,6,10-13H2,(H,26,27)(H,28,29). The van der Waals surface area contributed by atoms with Gasteiger partial charge in [-0.3, -0.25) is 4.79 Å². The lowest BCUT2D eigenvalue weighted by Crippen LogP contribution is -2.34. The third kappa shape index (κ3) is 6.40. The minimum Gasteiger partial charge on any atom is -0.346 e. The molecule has 3 rings (SSSR count). The predicted molar refractivity (Wildman–Crippen MR) is 126 cm³/mol. The molecule has 0 bridgehead atoms. The second kappa shape index (κ2) is 11.1. The number of aromatic nitrogens is 2. The summed E-state index contributed by atoms with van der Waals surface area (Å²) in [4.78, 5) is 20.7. The fourth-order valence-electron chi connectivity index (χ4n) is 3.29. The molecule has 1 amide bonds. The second-order valence-electron chi connectivity index (χ2n) is 7.10. The van der Waals surface area contributed by atoms with Gasteiger partial charge in [-0.05, 0) is 66.8 Å². The lowest BCUT2D eigenvalue weighted by Gasteiger charge is -2.16. The normalized spacial score (nSPS) is 11.3. The molecule has 30 heavy (non-hydrogen) atoms. The number of rotatable bonds is 9. The van der Waals surface area contributed by atoms with E-state index in [4.69, 9.17) is 12.2 Å². The van der Waals surface area contributed by atoms with E-state index in [9.17, 15) is 4.79 Å². The Kier molecular flexibility index (Phi) is 7.94. The summed E-state index contributed by atoms with van der Waals surface area (Å²) in [5.41, 5.74) is 2.97. The number of carbonyl (C=O) groups is 1. The van der Waals surface area contributed by atoms with E-state index < -0.39 is 0 Å². The molecule has 4 nitrogen and oxygen atoms in total. The first-order chi connectivity index (χ1) is 14.7. The molecule has 0 aliphatic heterocycles. The molecule has 0 spiro atoms. The zero-order valence-electron chi connectivity index (χ0n) is 16.9. The minimum atomic E-state index is -0.275. The Morgan fingerprint density at radius 1 is 1.23 bits per heavy atom. The summed E-state index contributed by atoms with van der Waals surface area (Å²) >= 11 is 5.60. The third-order valence-corrected chi connectivity index (χ3v) is 5.28. The lowest BCUT2D eigenvalue weighted by atomic mass is 10.0. The van der Waals surface area contributed by atoms with Gasteiger partial charge in [0.25, 0.3) is 5.91 Å². The summed E-state index contributed by atoms with van der Waals surface area (Å²) in [6.07, 6.45) is 9.51. The van der Waals surface area contributed by atoms with Crippen molar-refractivity contribution in [1.29, 1.82) is 0 Å². The molecule has 2 N–H and O–H groups in total. The van der Waals surface area contributed by atoms with Crippen LogP contribution in [0.1, 0.15) is 36.8 Å². The number of thiocarbonyl (C=S) groups is 1. The fourth-order valence-corrected chi connectivity index (χ4v) is 3.51. The number of fused-ring (bicyclic) bond motifs is 1. The number of hydrogen-bond acceptors (Lipinski definition) is 3. The summed E-state index contributed by atoms with van der Waals surface area (Å²) < 4.78 is 0. The predicted octanol–water partition coefficient (Wildman–Crippen LogP) is 4.76. The molecule has 0 fully saturated rings. The molecule has 1 unspecified atom stereocenters. The first kappa shape index (κ1) is 21.5. The molecule has 1 aromatic carbocycles. The average molecular weight is 416 g/mol. The zero-order valence-corrected chi connectivity index (χ0v) is 17.7. The van der Waals surface area contributed by atoms with Crippen LogP contribution in [0, 0.1) is 11.8 Å². The van der Waals surface area contributed by atoms with Gasteiger partial charge >= 0.3 is 0 Å². The van der Waals surface area contributed by atoms with Gasteiger partial charge in [0, 0.05) is 35.3 Å². The minimum absolute atomic E-state index is 0.0182. The van der Waals surface area contributed by atoms with Crippen LogP contribution in [0.25, 0.3) is 11.0 Å². The van der Waals surface area contributed by atoms with E-state index in [1.807, 2.05) is 60.9 Å². The topological polar surface area (TPSA) is 57.8 Å². The van der Waals surface area contributed by atoms with Crippen molar-refractivity contribution in [3.8, 4) is 11.8 Å². The van der Waals surface area contributed by atoms with Crippen LogP contribution in [0.15, 0.2) is 67.5 Å². The van der Waals surface area contributed by atoms with Crippen molar-refractivity contribution >= 4 is 34.0 Å². The van der Waals surface area contributed by atoms with Gasteiger partial charge in [-0.2, -0.15) is 0 Å². The molecule has 0 aliphatic carbocycles. The van der Waals surface area contributed by atoms with Gasteiger partial charge in [0.05, 0.1) is 0 Å². The monoisotopic (exact) mass is 415 g/mol. The van der Waals surface area contributed by atoms with Crippen LogP contribution in [0.5, 0.6) is 0 Å². The van der Waals surface area contributed by atoms with Gasteiger partial charge in [0.15, 0.2) is 0 Å². The van der Waals surface area contributed by atoms with E-state index in [-0.39, 0.29) is 11.9 Å². The molecule has 1 atom stereocenters. The van der Waals surface area contributed by atoms with Gasteiger partial charge in [-0.15, -0.1) is 6.58 Å². The van der Waals surface area contributed by atoms with Gasteiger partial charge in [0.1, 0.15) is 5.65 Å². The van der Waals surface area contributed by atoms with Crippen molar-refractivity contribution in [2.75, 3.05) is 0 Å². The molecule has 0 saturated heterocycles. The Morgan fingerprint density at radius 2 is 2.07 bits per heavy atom. The van der Waals surface area contributed by atoms with Gasteiger partial charge in [-0.25, -0.2) is 4.98 Å². The largest absolute Gasteiger partial charge is 0.346 e. The van der Waals surface area contributed by atoms with E-state index in [0.29, 0.717) is 6.42 Å². The molecular formula is C25H25N3OS. The summed E-state index contributed by atoms with van der Waals surface area (Å²) in [6, 6.07) is 13.6. The van der Waals surface area contributed by atoms with Crippen molar-refractivity contribution in [1.82, 2.24) is 15.3 Å². The number of hydrogen-bond donors (Lipinski definition) is 2. The van der Waals surface area contributed by atoms with Gasteiger partial charge in [-0.1, -0.05) is 42.4 Å². The molecule has 152 valence electrons. The first-order valence-corrected chi connectivity index (χ1v) is 10.5. The maximum Gasteiger partial charge on any atom is 0.296 e. The van der Waals surface area contributed by atoms with E-state index in [0.717, 1.165) is 47.1 Å². The Hall–Kier alpha value is -3.23. The number of nitrogens with one attached hydrogen (secondary N) is 2. The van der Waals surface area contributed by atoms with Crippen LogP contribution in [0.2, 0.25) is 0 Å². The molecule has 2 aromatic heterocycles. The van der Waals surface area contributed by atoms with Gasteiger partial charge < -0.3 is 10.3 Å². The maximum atomic E-state index is 12.2. The SMILES string of the molecule is C=CCC(CCC(=S)CCc1ccnc2[nH]ccc12)NC(=O)C#Cc1ccccc1. The molecular weight excluding hydrogens is 390 g/mol. The first-order valence-electron chi connectivity index (χ1n) is 10.1. The van der Waals surface area contributed by atoms with Crippen molar-refractivity contribution in [3.05, 3.63) is 78.6 Å². The Labute approximate surface area is 182 Å². The van der Waals surface area contributed by atoms with Crippen LogP contribution in [0.3, 0.4) is 0 Å². The highest BCUT2D eigenvalue weighted by Crippen LogP contribution is 2.18. The number of aryl methyl sites for hydroxylation is 1. The van der Waals surface area contributed by atoms with E-state index >= 15 is 0 Å². The van der Waals surface area contributed by atoms with Crippen molar-refractivity contribution in [2.24, 2.45) is 0 Å².